The van der Waals surface area contributed by atoms with E-state index in [0.29, 0.717) is 37.6 Å². The number of nitrogens with one attached hydrogen (secondary N) is 1. The molecule has 7 heteroatoms. The van der Waals surface area contributed by atoms with Crippen LogP contribution in [0.3, 0.4) is 0 Å². The number of hydrogen-bond donors (Lipinski definition) is 1. The van der Waals surface area contributed by atoms with Crippen molar-refractivity contribution in [1.29, 1.82) is 0 Å². The molecule has 0 radical (unpaired) electrons. The van der Waals surface area contributed by atoms with E-state index < -0.39 is 10.0 Å². The van der Waals surface area contributed by atoms with Gasteiger partial charge < -0.3 is 10.1 Å². The summed E-state index contributed by atoms with van der Waals surface area (Å²) < 4.78 is 32.1. The summed E-state index contributed by atoms with van der Waals surface area (Å²) >= 11 is 0. The number of morpholine rings is 1. The molecule has 6 nitrogen and oxygen atoms in total. The largest absolute Gasteiger partial charge is 0.379 e. The smallest absolute Gasteiger partial charge is 0.255 e. The Labute approximate surface area is 153 Å². The highest BCUT2D eigenvalue weighted by molar-refractivity contribution is 7.89. The standard InChI is InChI=1S/C19H22N2O4S/c1-14-6-7-17(12-15(14)2)20-19(22)16-4-3-5-18(13-16)26(23,24)21-8-10-25-11-9-21/h3-7,12-13H,8-11H2,1-2H3,(H,20,22). The predicted molar refractivity (Wildman–Crippen MR) is 99.9 cm³/mol. The highest BCUT2D eigenvalue weighted by Crippen LogP contribution is 2.20. The molecule has 3 rings (SSSR count). The molecule has 1 saturated heterocycles. The minimum Gasteiger partial charge on any atom is -0.379 e. The van der Waals surface area contributed by atoms with Crippen LogP contribution in [0.4, 0.5) is 5.69 Å². The number of anilines is 1. The quantitative estimate of drug-likeness (QED) is 0.892. The molecule has 0 aromatic heterocycles. The van der Waals surface area contributed by atoms with Crippen LogP contribution in [0.5, 0.6) is 0 Å². The minimum absolute atomic E-state index is 0.118. The van der Waals surface area contributed by atoms with Crippen molar-refractivity contribution in [2.45, 2.75) is 18.7 Å². The lowest BCUT2D eigenvalue weighted by atomic mass is 10.1. The number of aryl methyl sites for hydroxylation is 2. The minimum atomic E-state index is -3.63. The van der Waals surface area contributed by atoms with E-state index in [1.165, 1.54) is 16.4 Å². The number of ether oxygens (including phenoxy) is 1. The maximum Gasteiger partial charge on any atom is 0.255 e. The van der Waals surface area contributed by atoms with Crippen LogP contribution in [0.25, 0.3) is 0 Å². The molecule has 0 bridgehead atoms. The van der Waals surface area contributed by atoms with Crippen molar-refractivity contribution in [3.63, 3.8) is 0 Å². The number of amides is 1. The molecule has 2 aromatic rings. The van der Waals surface area contributed by atoms with E-state index >= 15 is 0 Å². The van der Waals surface area contributed by atoms with E-state index in [0.717, 1.165) is 11.1 Å². The molecule has 1 aliphatic heterocycles. The molecule has 26 heavy (non-hydrogen) atoms. The normalized spacial score (nSPS) is 15.6. The Morgan fingerprint density at radius 2 is 1.77 bits per heavy atom. The fraction of sp³-hybridized carbons (Fsp3) is 0.316. The summed E-state index contributed by atoms with van der Waals surface area (Å²) in [4.78, 5) is 12.6. The molecule has 0 atom stereocenters. The summed E-state index contributed by atoms with van der Waals surface area (Å²) in [6.07, 6.45) is 0. The molecule has 0 saturated carbocycles. The van der Waals surface area contributed by atoms with Crippen molar-refractivity contribution in [2.24, 2.45) is 0 Å². The monoisotopic (exact) mass is 374 g/mol. The van der Waals surface area contributed by atoms with Gasteiger partial charge in [0.05, 0.1) is 18.1 Å². The van der Waals surface area contributed by atoms with Gasteiger partial charge in [-0.05, 0) is 55.3 Å². The molecule has 1 amide bonds. The van der Waals surface area contributed by atoms with Gasteiger partial charge in [0.1, 0.15) is 0 Å². The van der Waals surface area contributed by atoms with Crippen molar-refractivity contribution in [3.8, 4) is 0 Å². The van der Waals surface area contributed by atoms with Gasteiger partial charge in [0.15, 0.2) is 0 Å². The molecular weight excluding hydrogens is 352 g/mol. The summed E-state index contributed by atoms with van der Waals surface area (Å²) in [5, 5.41) is 2.82. The second kappa shape index (κ2) is 7.57. The lowest BCUT2D eigenvalue weighted by molar-refractivity contribution is 0.0730. The Morgan fingerprint density at radius 3 is 2.46 bits per heavy atom. The number of carbonyl (C=O) groups excluding carboxylic acids is 1. The van der Waals surface area contributed by atoms with E-state index in [1.807, 2.05) is 32.0 Å². The van der Waals surface area contributed by atoms with Crippen molar-refractivity contribution in [1.82, 2.24) is 4.31 Å². The average molecular weight is 374 g/mol. The molecule has 1 aliphatic rings. The van der Waals surface area contributed by atoms with Gasteiger partial charge in [-0.2, -0.15) is 4.31 Å². The van der Waals surface area contributed by atoms with Crippen LogP contribution in [0.1, 0.15) is 21.5 Å². The maximum atomic E-state index is 12.7. The Kier molecular flexibility index (Phi) is 5.41. The van der Waals surface area contributed by atoms with Crippen molar-refractivity contribution >= 4 is 21.6 Å². The van der Waals surface area contributed by atoms with Crippen LogP contribution in [0, 0.1) is 13.8 Å². The Morgan fingerprint density at radius 1 is 1.04 bits per heavy atom. The van der Waals surface area contributed by atoms with Crippen molar-refractivity contribution in [3.05, 3.63) is 59.2 Å². The summed E-state index contributed by atoms with van der Waals surface area (Å²) in [5.74, 6) is -0.340. The number of rotatable bonds is 4. The molecular formula is C19H22N2O4S. The fourth-order valence-electron chi connectivity index (χ4n) is 2.76. The summed E-state index contributed by atoms with van der Waals surface area (Å²) in [6.45, 7) is 5.38. The molecule has 0 aliphatic carbocycles. The third-order valence-electron chi connectivity index (χ3n) is 4.47. The maximum absolute atomic E-state index is 12.7. The SMILES string of the molecule is Cc1ccc(NC(=O)c2cccc(S(=O)(=O)N3CCOCC3)c2)cc1C. The van der Waals surface area contributed by atoms with Crippen LogP contribution in [-0.4, -0.2) is 44.9 Å². The Hall–Kier alpha value is -2.22. The summed E-state index contributed by atoms with van der Waals surface area (Å²) in [7, 11) is -3.63. The van der Waals surface area contributed by atoms with Gasteiger partial charge in [-0.15, -0.1) is 0 Å². The predicted octanol–water partition coefficient (Wildman–Crippen LogP) is 2.58. The first kappa shape index (κ1) is 18.6. The number of carbonyl (C=O) groups is 1. The number of nitrogens with zero attached hydrogens (tertiary/aromatic N) is 1. The zero-order valence-electron chi connectivity index (χ0n) is 14.9. The zero-order chi connectivity index (χ0) is 18.7. The van der Waals surface area contributed by atoms with Gasteiger partial charge in [0, 0.05) is 24.3 Å². The van der Waals surface area contributed by atoms with E-state index in [2.05, 4.69) is 5.32 Å². The first-order valence-corrected chi connectivity index (χ1v) is 9.88. The second-order valence-electron chi connectivity index (χ2n) is 6.30. The molecule has 0 unspecified atom stereocenters. The number of hydrogen-bond acceptors (Lipinski definition) is 4. The third kappa shape index (κ3) is 3.95. The van der Waals surface area contributed by atoms with Crippen LogP contribution in [0.15, 0.2) is 47.4 Å². The topological polar surface area (TPSA) is 75.7 Å². The summed E-state index contributed by atoms with van der Waals surface area (Å²) in [5.41, 5.74) is 3.20. The molecule has 2 aromatic carbocycles. The molecule has 1 fully saturated rings. The number of benzene rings is 2. The van der Waals surface area contributed by atoms with Gasteiger partial charge in [0.25, 0.3) is 5.91 Å². The van der Waals surface area contributed by atoms with Crippen LogP contribution in [0.2, 0.25) is 0 Å². The fourth-order valence-corrected chi connectivity index (χ4v) is 4.21. The summed E-state index contributed by atoms with van der Waals surface area (Å²) in [6, 6.07) is 11.8. The first-order valence-electron chi connectivity index (χ1n) is 8.44. The van der Waals surface area contributed by atoms with Gasteiger partial charge in [-0.1, -0.05) is 12.1 Å². The zero-order valence-corrected chi connectivity index (χ0v) is 15.7. The van der Waals surface area contributed by atoms with Crippen LogP contribution in [-0.2, 0) is 14.8 Å². The molecule has 138 valence electrons. The van der Waals surface area contributed by atoms with Gasteiger partial charge in [-0.25, -0.2) is 8.42 Å². The van der Waals surface area contributed by atoms with E-state index in [1.54, 1.807) is 12.1 Å². The lowest BCUT2D eigenvalue weighted by Crippen LogP contribution is -2.40. The lowest BCUT2D eigenvalue weighted by Gasteiger charge is -2.26. The first-order chi connectivity index (χ1) is 12.4. The second-order valence-corrected chi connectivity index (χ2v) is 8.24. The Balaban J connectivity index is 1.82. The third-order valence-corrected chi connectivity index (χ3v) is 6.36. The van der Waals surface area contributed by atoms with Crippen molar-refractivity contribution in [2.75, 3.05) is 31.6 Å². The molecule has 1 N–H and O–H groups in total. The van der Waals surface area contributed by atoms with Crippen LogP contribution < -0.4 is 5.32 Å². The number of sulfonamides is 1. The van der Waals surface area contributed by atoms with Gasteiger partial charge in [0.2, 0.25) is 10.0 Å². The van der Waals surface area contributed by atoms with Gasteiger partial charge in [-0.3, -0.25) is 4.79 Å². The molecule has 1 heterocycles. The Bertz CT molecular complexity index is 919. The van der Waals surface area contributed by atoms with Crippen molar-refractivity contribution < 1.29 is 17.9 Å². The van der Waals surface area contributed by atoms with Gasteiger partial charge >= 0.3 is 0 Å². The molecule has 0 spiro atoms. The average Bonchev–Trinajstić information content (AvgIpc) is 2.65. The van der Waals surface area contributed by atoms with E-state index in [4.69, 9.17) is 4.74 Å². The highest BCUT2D eigenvalue weighted by Gasteiger charge is 2.26. The van der Waals surface area contributed by atoms with Crippen LogP contribution >= 0.6 is 0 Å². The van der Waals surface area contributed by atoms with E-state index in [-0.39, 0.29) is 10.8 Å². The van der Waals surface area contributed by atoms with E-state index in [9.17, 15) is 13.2 Å². The highest BCUT2D eigenvalue weighted by atomic mass is 32.2.